The molecule has 1 nitrogen and oxygen atoms in total. The second-order valence-corrected chi connectivity index (χ2v) is 2.63. The van der Waals surface area contributed by atoms with E-state index in [2.05, 4.69) is 6.58 Å². The molecule has 1 aromatic carbocycles. The molecule has 1 rings (SSSR count). The Morgan fingerprint density at radius 3 is 2.36 bits per heavy atom. The Bertz CT molecular complexity index is 246. The number of aryl methyl sites for hydroxylation is 1. The van der Waals surface area contributed by atoms with E-state index in [-0.39, 0.29) is 6.61 Å². The fraction of sp³-hybridized carbons (Fsp3) is 0.200. The van der Waals surface area contributed by atoms with Crippen LogP contribution in [0, 0.1) is 6.92 Å². The van der Waals surface area contributed by atoms with Gasteiger partial charge in [-0.05, 0) is 18.1 Å². The highest BCUT2D eigenvalue weighted by Crippen LogP contribution is 2.11. The van der Waals surface area contributed by atoms with Crippen molar-refractivity contribution < 1.29 is 5.11 Å². The molecule has 58 valence electrons. The van der Waals surface area contributed by atoms with E-state index in [0.29, 0.717) is 0 Å². The molecule has 11 heavy (non-hydrogen) atoms. The zero-order valence-corrected chi connectivity index (χ0v) is 6.67. The van der Waals surface area contributed by atoms with Gasteiger partial charge in [0.05, 0.1) is 6.61 Å². The lowest BCUT2D eigenvalue weighted by atomic mass is 10.1. The van der Waals surface area contributed by atoms with Crippen LogP contribution in [0.2, 0.25) is 0 Å². The molecule has 0 heterocycles. The molecule has 0 spiro atoms. The lowest BCUT2D eigenvalue weighted by Crippen LogP contribution is -1.87. The third kappa shape index (κ3) is 1.92. The molecule has 0 bridgehead atoms. The summed E-state index contributed by atoms with van der Waals surface area (Å²) in [6, 6.07) is 7.95. The smallest absolute Gasteiger partial charge is 0.0681 e. The van der Waals surface area contributed by atoms with Crippen molar-refractivity contribution in [3.05, 3.63) is 42.0 Å². The minimum Gasteiger partial charge on any atom is -0.392 e. The molecular formula is C10H12O. The number of benzene rings is 1. The Kier molecular flexibility index (Phi) is 2.44. The van der Waals surface area contributed by atoms with Gasteiger partial charge in [0.25, 0.3) is 0 Å². The van der Waals surface area contributed by atoms with E-state index >= 15 is 0 Å². The molecule has 0 unspecified atom stereocenters. The lowest BCUT2D eigenvalue weighted by Gasteiger charge is -2.01. The van der Waals surface area contributed by atoms with E-state index in [1.165, 1.54) is 5.56 Å². The Balaban J connectivity index is 2.90. The maximum Gasteiger partial charge on any atom is 0.0681 e. The Morgan fingerprint density at radius 2 is 1.91 bits per heavy atom. The molecule has 0 amide bonds. The van der Waals surface area contributed by atoms with E-state index in [9.17, 15) is 0 Å². The summed E-state index contributed by atoms with van der Waals surface area (Å²) < 4.78 is 0. The SMILES string of the molecule is C=C(CO)c1ccc(C)cc1. The topological polar surface area (TPSA) is 20.2 Å². The van der Waals surface area contributed by atoms with Crippen LogP contribution >= 0.6 is 0 Å². The molecule has 0 saturated heterocycles. The van der Waals surface area contributed by atoms with Crippen molar-refractivity contribution in [2.45, 2.75) is 6.92 Å². The zero-order valence-electron chi connectivity index (χ0n) is 6.67. The summed E-state index contributed by atoms with van der Waals surface area (Å²) in [5, 5.41) is 8.76. The summed E-state index contributed by atoms with van der Waals surface area (Å²) in [5.74, 6) is 0. The standard InChI is InChI=1S/C10H12O/c1-8-3-5-10(6-4-8)9(2)7-11/h3-6,11H,2,7H2,1H3. The fourth-order valence-corrected chi connectivity index (χ4v) is 0.881. The zero-order chi connectivity index (χ0) is 8.27. The average Bonchev–Trinajstić information content (AvgIpc) is 2.05. The number of aliphatic hydroxyl groups is 1. The fourth-order valence-electron chi connectivity index (χ4n) is 0.881. The van der Waals surface area contributed by atoms with Gasteiger partial charge >= 0.3 is 0 Å². The number of hydrogen-bond acceptors (Lipinski definition) is 1. The van der Waals surface area contributed by atoms with Gasteiger partial charge in [-0.1, -0.05) is 36.4 Å². The number of aliphatic hydroxyl groups excluding tert-OH is 1. The molecule has 0 atom stereocenters. The summed E-state index contributed by atoms with van der Waals surface area (Å²) in [7, 11) is 0. The molecule has 0 aliphatic rings. The second kappa shape index (κ2) is 3.35. The Labute approximate surface area is 67.0 Å². The predicted octanol–water partition coefficient (Wildman–Crippen LogP) is 2.00. The van der Waals surface area contributed by atoms with Gasteiger partial charge in [-0.3, -0.25) is 0 Å². The van der Waals surface area contributed by atoms with Gasteiger partial charge in [-0.25, -0.2) is 0 Å². The summed E-state index contributed by atoms with van der Waals surface area (Å²) >= 11 is 0. The van der Waals surface area contributed by atoms with Crippen molar-refractivity contribution >= 4 is 5.57 Å². The Morgan fingerprint density at radius 1 is 1.36 bits per heavy atom. The van der Waals surface area contributed by atoms with E-state index in [1.54, 1.807) is 0 Å². The van der Waals surface area contributed by atoms with Crippen LogP contribution in [0.15, 0.2) is 30.8 Å². The molecule has 0 radical (unpaired) electrons. The van der Waals surface area contributed by atoms with Crippen molar-refractivity contribution in [2.75, 3.05) is 6.61 Å². The van der Waals surface area contributed by atoms with Gasteiger partial charge in [0.1, 0.15) is 0 Å². The largest absolute Gasteiger partial charge is 0.392 e. The van der Waals surface area contributed by atoms with Crippen LogP contribution in [0.3, 0.4) is 0 Å². The summed E-state index contributed by atoms with van der Waals surface area (Å²) in [4.78, 5) is 0. The van der Waals surface area contributed by atoms with Crippen LogP contribution in [-0.2, 0) is 0 Å². The minimum atomic E-state index is 0.0308. The predicted molar refractivity (Wildman–Crippen MR) is 47.3 cm³/mol. The highest BCUT2D eigenvalue weighted by atomic mass is 16.3. The van der Waals surface area contributed by atoms with Crippen LogP contribution < -0.4 is 0 Å². The van der Waals surface area contributed by atoms with Crippen LogP contribution in [0.25, 0.3) is 5.57 Å². The second-order valence-electron chi connectivity index (χ2n) is 2.63. The Hall–Kier alpha value is -1.08. The van der Waals surface area contributed by atoms with Gasteiger partial charge in [-0.2, -0.15) is 0 Å². The van der Waals surface area contributed by atoms with Gasteiger partial charge in [0, 0.05) is 0 Å². The van der Waals surface area contributed by atoms with E-state index in [4.69, 9.17) is 5.11 Å². The number of hydrogen-bond donors (Lipinski definition) is 1. The maximum absolute atomic E-state index is 8.76. The van der Waals surface area contributed by atoms with Gasteiger partial charge in [0.15, 0.2) is 0 Å². The minimum absolute atomic E-state index is 0.0308. The molecule has 0 aliphatic heterocycles. The molecule has 0 aromatic heterocycles. The first-order chi connectivity index (χ1) is 5.24. The van der Waals surface area contributed by atoms with Gasteiger partial charge in [0.2, 0.25) is 0 Å². The van der Waals surface area contributed by atoms with Crippen molar-refractivity contribution in [3.63, 3.8) is 0 Å². The van der Waals surface area contributed by atoms with E-state index in [0.717, 1.165) is 11.1 Å². The normalized spacial score (nSPS) is 9.64. The van der Waals surface area contributed by atoms with Crippen LogP contribution in [0.4, 0.5) is 0 Å². The van der Waals surface area contributed by atoms with Gasteiger partial charge < -0.3 is 5.11 Å². The number of rotatable bonds is 2. The first-order valence-corrected chi connectivity index (χ1v) is 3.59. The monoisotopic (exact) mass is 148 g/mol. The molecular weight excluding hydrogens is 136 g/mol. The molecule has 0 saturated carbocycles. The molecule has 1 N–H and O–H groups in total. The van der Waals surface area contributed by atoms with Crippen LogP contribution in [0.5, 0.6) is 0 Å². The average molecular weight is 148 g/mol. The summed E-state index contributed by atoms with van der Waals surface area (Å²) in [6.07, 6.45) is 0. The van der Waals surface area contributed by atoms with Crippen molar-refractivity contribution in [1.29, 1.82) is 0 Å². The first-order valence-electron chi connectivity index (χ1n) is 3.59. The molecule has 0 fully saturated rings. The van der Waals surface area contributed by atoms with Crippen LogP contribution in [0.1, 0.15) is 11.1 Å². The van der Waals surface area contributed by atoms with Gasteiger partial charge in [-0.15, -0.1) is 0 Å². The first kappa shape index (κ1) is 8.02. The van der Waals surface area contributed by atoms with E-state index < -0.39 is 0 Å². The van der Waals surface area contributed by atoms with Crippen molar-refractivity contribution in [1.82, 2.24) is 0 Å². The molecule has 1 heteroatoms. The molecule has 0 aliphatic carbocycles. The maximum atomic E-state index is 8.76. The molecule has 1 aromatic rings. The quantitative estimate of drug-likeness (QED) is 0.680. The highest BCUT2D eigenvalue weighted by Gasteiger charge is 1.94. The van der Waals surface area contributed by atoms with Crippen LogP contribution in [-0.4, -0.2) is 11.7 Å². The third-order valence-corrected chi connectivity index (χ3v) is 1.65. The van der Waals surface area contributed by atoms with E-state index in [1.807, 2.05) is 31.2 Å². The summed E-state index contributed by atoms with van der Waals surface area (Å²) in [6.45, 7) is 5.79. The van der Waals surface area contributed by atoms with Crippen molar-refractivity contribution in [2.24, 2.45) is 0 Å². The summed E-state index contributed by atoms with van der Waals surface area (Å²) in [5.41, 5.74) is 3.00. The van der Waals surface area contributed by atoms with Crippen molar-refractivity contribution in [3.8, 4) is 0 Å². The highest BCUT2D eigenvalue weighted by molar-refractivity contribution is 5.63. The third-order valence-electron chi connectivity index (χ3n) is 1.65. The lowest BCUT2D eigenvalue weighted by molar-refractivity contribution is 0.350.